The van der Waals surface area contributed by atoms with Gasteiger partial charge in [-0.25, -0.2) is 4.79 Å². The van der Waals surface area contributed by atoms with Crippen LogP contribution in [0.15, 0.2) is 54.6 Å². The summed E-state index contributed by atoms with van der Waals surface area (Å²) in [5.41, 5.74) is 4.03. The number of piperidine rings is 1. The molecule has 0 radical (unpaired) electrons. The van der Waals surface area contributed by atoms with Crippen LogP contribution >= 0.6 is 0 Å². The van der Waals surface area contributed by atoms with Gasteiger partial charge in [-0.05, 0) is 53.0 Å². The Morgan fingerprint density at radius 3 is 2.35 bits per heavy atom. The van der Waals surface area contributed by atoms with E-state index in [2.05, 4.69) is 46.7 Å². The van der Waals surface area contributed by atoms with Crippen molar-refractivity contribution in [2.45, 2.75) is 63.8 Å². The Balaban J connectivity index is 1.35. The van der Waals surface area contributed by atoms with Crippen LogP contribution in [0.5, 0.6) is 5.75 Å². The molecule has 3 aromatic rings. The van der Waals surface area contributed by atoms with Crippen molar-refractivity contribution in [3.63, 3.8) is 0 Å². The van der Waals surface area contributed by atoms with Gasteiger partial charge in [0.2, 0.25) is 0 Å². The first-order chi connectivity index (χ1) is 17.9. The molecule has 194 valence electrons. The van der Waals surface area contributed by atoms with E-state index < -0.39 is 0 Å². The Kier molecular flexibility index (Phi) is 7.47. The van der Waals surface area contributed by atoms with Crippen LogP contribution in [-0.2, 0) is 16.8 Å². The third-order valence-corrected chi connectivity index (χ3v) is 8.17. The van der Waals surface area contributed by atoms with Gasteiger partial charge in [0.25, 0.3) is 0 Å². The van der Waals surface area contributed by atoms with E-state index in [9.17, 15) is 9.59 Å². The lowest BCUT2D eigenvalue weighted by molar-refractivity contribution is -0.121. The number of methoxy groups -OCH3 is 1. The molecule has 6 heteroatoms. The van der Waals surface area contributed by atoms with Gasteiger partial charge in [0.15, 0.2) is 0 Å². The van der Waals surface area contributed by atoms with Crippen molar-refractivity contribution in [1.29, 1.82) is 0 Å². The smallest absolute Gasteiger partial charge is 0.323 e. The molecule has 5 rings (SSSR count). The topological polar surface area (TPSA) is 70.7 Å². The number of Topliss-reactive ketones (excluding diaryl/α,β-unsaturated/α-hetero) is 1. The van der Waals surface area contributed by atoms with Gasteiger partial charge in [0.1, 0.15) is 11.5 Å². The molecule has 37 heavy (non-hydrogen) atoms. The fourth-order valence-corrected chi connectivity index (χ4v) is 5.89. The number of hydrogen-bond acceptors (Lipinski definition) is 4. The number of likely N-dealkylation sites (tertiary alicyclic amines) is 1. The number of nitrogens with zero attached hydrogens (tertiary/aromatic N) is 1. The fraction of sp³-hybridized carbons (Fsp3) is 0.419. The third-order valence-electron chi connectivity index (χ3n) is 8.17. The lowest BCUT2D eigenvalue weighted by Crippen LogP contribution is -2.33. The van der Waals surface area contributed by atoms with E-state index in [0.717, 1.165) is 48.9 Å². The number of hydrogen-bond donors (Lipinski definition) is 2. The monoisotopic (exact) mass is 499 g/mol. The standard InChI is InChI=1S/C31H37N3O3/c1-31(16-6-3-7-17-31)23-11-13-29(37-2)28(20-23)33-30(36)32-27-12-10-22(25-8-4-5-9-26(25)27)21-34-18-14-24(35)15-19-34/h4-5,8-13,20H,3,6-7,14-19,21H2,1-2H3,(H2,32,33,36). The molecule has 6 nitrogen and oxygen atoms in total. The van der Waals surface area contributed by atoms with E-state index in [1.165, 1.54) is 30.4 Å². The molecule has 1 heterocycles. The lowest BCUT2D eigenvalue weighted by Gasteiger charge is -2.34. The number of fused-ring (bicyclic) bond motifs is 1. The van der Waals surface area contributed by atoms with E-state index >= 15 is 0 Å². The number of amides is 2. The van der Waals surface area contributed by atoms with Crippen molar-refractivity contribution in [2.24, 2.45) is 0 Å². The first-order valence-electron chi connectivity index (χ1n) is 13.5. The normalized spacial score (nSPS) is 17.9. The molecule has 1 saturated carbocycles. The van der Waals surface area contributed by atoms with E-state index in [-0.39, 0.29) is 11.4 Å². The summed E-state index contributed by atoms with van der Waals surface area (Å²) in [5, 5.41) is 8.22. The maximum Gasteiger partial charge on any atom is 0.323 e. The summed E-state index contributed by atoms with van der Waals surface area (Å²) in [5.74, 6) is 1.00. The number of rotatable bonds is 6. The number of ketones is 1. The van der Waals surface area contributed by atoms with Crippen LogP contribution in [0.25, 0.3) is 10.8 Å². The van der Waals surface area contributed by atoms with E-state index in [0.29, 0.717) is 30.1 Å². The Bertz CT molecular complexity index is 1290. The molecule has 3 aromatic carbocycles. The molecule has 2 fully saturated rings. The molecule has 1 aliphatic heterocycles. The number of benzene rings is 3. The van der Waals surface area contributed by atoms with Gasteiger partial charge in [-0.2, -0.15) is 0 Å². The first-order valence-corrected chi connectivity index (χ1v) is 13.5. The van der Waals surface area contributed by atoms with E-state index in [4.69, 9.17) is 4.74 Å². The molecule has 0 unspecified atom stereocenters. The Labute approximate surface area is 219 Å². The van der Waals surface area contributed by atoms with Crippen LogP contribution in [0.4, 0.5) is 16.2 Å². The summed E-state index contributed by atoms with van der Waals surface area (Å²) in [7, 11) is 1.63. The highest BCUT2D eigenvalue weighted by Gasteiger charge is 2.29. The van der Waals surface area contributed by atoms with Gasteiger partial charge in [-0.1, -0.05) is 62.6 Å². The van der Waals surface area contributed by atoms with Gasteiger partial charge in [-0.3, -0.25) is 9.69 Å². The van der Waals surface area contributed by atoms with Crippen molar-refractivity contribution >= 4 is 34.0 Å². The second-order valence-electron chi connectivity index (χ2n) is 10.7. The molecule has 1 aliphatic carbocycles. The van der Waals surface area contributed by atoms with Crippen molar-refractivity contribution in [3.05, 3.63) is 65.7 Å². The van der Waals surface area contributed by atoms with Gasteiger partial charge in [0, 0.05) is 37.9 Å². The molecular formula is C31H37N3O3. The molecule has 0 atom stereocenters. The van der Waals surface area contributed by atoms with Crippen LogP contribution in [0.3, 0.4) is 0 Å². The summed E-state index contributed by atoms with van der Waals surface area (Å²) in [4.78, 5) is 27.1. The summed E-state index contributed by atoms with van der Waals surface area (Å²) in [6.45, 7) is 4.72. The highest BCUT2D eigenvalue weighted by molar-refractivity contribution is 6.07. The predicted molar refractivity (Wildman–Crippen MR) is 150 cm³/mol. The zero-order valence-electron chi connectivity index (χ0n) is 21.9. The minimum Gasteiger partial charge on any atom is -0.495 e. The molecule has 0 bridgehead atoms. The highest BCUT2D eigenvalue weighted by Crippen LogP contribution is 2.41. The van der Waals surface area contributed by atoms with Crippen LogP contribution in [0, 0.1) is 0 Å². The Morgan fingerprint density at radius 1 is 0.919 bits per heavy atom. The molecule has 2 aliphatic rings. The zero-order valence-corrected chi connectivity index (χ0v) is 21.9. The summed E-state index contributed by atoms with van der Waals surface area (Å²) in [6.07, 6.45) is 7.36. The van der Waals surface area contributed by atoms with Gasteiger partial charge >= 0.3 is 6.03 Å². The van der Waals surface area contributed by atoms with Crippen molar-refractivity contribution in [2.75, 3.05) is 30.8 Å². The zero-order chi connectivity index (χ0) is 25.8. The summed E-state index contributed by atoms with van der Waals surface area (Å²) < 4.78 is 5.57. The maximum absolute atomic E-state index is 13.2. The molecule has 0 spiro atoms. The Morgan fingerprint density at radius 2 is 1.62 bits per heavy atom. The van der Waals surface area contributed by atoms with Crippen molar-refractivity contribution in [3.8, 4) is 5.75 Å². The molecule has 2 amide bonds. The lowest BCUT2D eigenvalue weighted by atomic mass is 9.71. The number of ether oxygens (including phenoxy) is 1. The minimum absolute atomic E-state index is 0.130. The number of carbonyl (C=O) groups is 2. The van der Waals surface area contributed by atoms with Gasteiger partial charge in [-0.15, -0.1) is 0 Å². The van der Waals surface area contributed by atoms with Crippen molar-refractivity contribution < 1.29 is 14.3 Å². The number of urea groups is 1. The van der Waals surface area contributed by atoms with E-state index in [1.54, 1.807) is 7.11 Å². The summed E-state index contributed by atoms with van der Waals surface area (Å²) in [6, 6.07) is 18.1. The second-order valence-corrected chi connectivity index (χ2v) is 10.7. The SMILES string of the molecule is COc1ccc(C2(C)CCCCC2)cc1NC(=O)Nc1ccc(CN2CCC(=O)CC2)c2ccccc12. The minimum atomic E-state index is -0.295. The number of anilines is 2. The average molecular weight is 500 g/mol. The number of carbonyl (C=O) groups excluding carboxylic acids is 2. The maximum atomic E-state index is 13.2. The van der Waals surface area contributed by atoms with Gasteiger partial charge < -0.3 is 15.4 Å². The van der Waals surface area contributed by atoms with Crippen molar-refractivity contribution in [1.82, 2.24) is 4.90 Å². The van der Waals surface area contributed by atoms with Gasteiger partial charge in [0.05, 0.1) is 18.5 Å². The van der Waals surface area contributed by atoms with Crippen LogP contribution in [0.1, 0.15) is 63.0 Å². The van der Waals surface area contributed by atoms with E-state index in [1.807, 2.05) is 30.3 Å². The molecule has 2 N–H and O–H groups in total. The second kappa shape index (κ2) is 10.9. The molecule has 1 saturated heterocycles. The molecule has 0 aromatic heterocycles. The Hall–Kier alpha value is -3.38. The fourth-order valence-electron chi connectivity index (χ4n) is 5.89. The quantitative estimate of drug-likeness (QED) is 0.388. The summed E-state index contributed by atoms with van der Waals surface area (Å²) >= 11 is 0. The largest absolute Gasteiger partial charge is 0.495 e. The average Bonchev–Trinajstić information content (AvgIpc) is 2.91. The first kappa shape index (κ1) is 25.3. The van der Waals surface area contributed by atoms with Crippen LogP contribution < -0.4 is 15.4 Å². The van der Waals surface area contributed by atoms with Crippen LogP contribution in [-0.4, -0.2) is 36.9 Å². The predicted octanol–water partition coefficient (Wildman–Crippen LogP) is 6.88. The van der Waals surface area contributed by atoms with Crippen LogP contribution in [0.2, 0.25) is 0 Å². The highest BCUT2D eigenvalue weighted by atomic mass is 16.5. The number of nitrogens with one attached hydrogen (secondary N) is 2. The third kappa shape index (κ3) is 5.64. The molecular weight excluding hydrogens is 462 g/mol.